The van der Waals surface area contributed by atoms with Gasteiger partial charge in [-0.05, 0) is 81.3 Å². The molecule has 240 valence electrons. The SMILES string of the molecule is C/C(=N\NC(=O)CCCC(=O)N/N=C(\C)c1ccc(NC(=O)C2CCCCC2)cc1)c1ccc(NC(=O)C2CCCCC2)cc1. The van der Waals surface area contributed by atoms with Gasteiger partial charge in [0.25, 0.3) is 0 Å². The maximum atomic E-state index is 12.5. The van der Waals surface area contributed by atoms with E-state index in [1.54, 1.807) is 13.8 Å². The van der Waals surface area contributed by atoms with Crippen LogP contribution in [0.25, 0.3) is 0 Å². The molecule has 2 aliphatic carbocycles. The third kappa shape index (κ3) is 11.0. The number of nitrogens with zero attached hydrogens (tertiary/aromatic N) is 2. The van der Waals surface area contributed by atoms with Crippen molar-refractivity contribution in [2.75, 3.05) is 10.6 Å². The Labute approximate surface area is 265 Å². The van der Waals surface area contributed by atoms with Crippen LogP contribution in [0.5, 0.6) is 0 Å². The van der Waals surface area contributed by atoms with Crippen LogP contribution in [0.1, 0.15) is 108 Å². The Morgan fingerprint density at radius 2 is 0.933 bits per heavy atom. The van der Waals surface area contributed by atoms with E-state index in [9.17, 15) is 19.2 Å². The number of rotatable bonds is 12. The quantitative estimate of drug-likeness (QED) is 0.165. The van der Waals surface area contributed by atoms with Crippen LogP contribution in [0.3, 0.4) is 0 Å². The fourth-order valence-corrected chi connectivity index (χ4v) is 5.75. The number of hydrogen-bond acceptors (Lipinski definition) is 6. The molecule has 45 heavy (non-hydrogen) atoms. The second-order valence-corrected chi connectivity index (χ2v) is 12.1. The molecule has 2 aromatic rings. The zero-order chi connectivity index (χ0) is 32.0. The Balaban J connectivity index is 1.13. The summed E-state index contributed by atoms with van der Waals surface area (Å²) in [5.41, 5.74) is 9.52. The average Bonchev–Trinajstić information content (AvgIpc) is 3.07. The van der Waals surface area contributed by atoms with E-state index in [1.165, 1.54) is 12.8 Å². The number of nitrogens with one attached hydrogen (secondary N) is 4. The summed E-state index contributed by atoms with van der Waals surface area (Å²) >= 11 is 0. The normalized spacial score (nSPS) is 16.5. The highest BCUT2D eigenvalue weighted by molar-refractivity contribution is 6.01. The highest BCUT2D eigenvalue weighted by Crippen LogP contribution is 2.26. The molecule has 0 unspecified atom stereocenters. The minimum atomic E-state index is -0.283. The molecule has 2 fully saturated rings. The number of carbonyl (C=O) groups is 4. The van der Waals surface area contributed by atoms with Crippen LogP contribution in [0.15, 0.2) is 58.7 Å². The summed E-state index contributed by atoms with van der Waals surface area (Å²) in [6.45, 7) is 3.59. The summed E-state index contributed by atoms with van der Waals surface area (Å²) in [4.78, 5) is 49.5. The Hall–Kier alpha value is -4.34. The van der Waals surface area contributed by atoms with Gasteiger partial charge in [0.15, 0.2) is 0 Å². The highest BCUT2D eigenvalue weighted by atomic mass is 16.2. The van der Waals surface area contributed by atoms with Gasteiger partial charge in [0.05, 0.1) is 11.4 Å². The Bertz CT molecular complexity index is 1270. The summed E-state index contributed by atoms with van der Waals surface area (Å²) in [7, 11) is 0. The molecule has 0 radical (unpaired) electrons. The van der Waals surface area contributed by atoms with Gasteiger partial charge in [-0.3, -0.25) is 19.2 Å². The lowest BCUT2D eigenvalue weighted by Crippen LogP contribution is -2.24. The first kappa shape index (κ1) is 33.6. The Kier molecular flexibility index (Phi) is 12.8. The fourth-order valence-electron chi connectivity index (χ4n) is 5.75. The first-order valence-electron chi connectivity index (χ1n) is 16.3. The molecule has 2 saturated carbocycles. The van der Waals surface area contributed by atoms with Crippen LogP contribution in [-0.4, -0.2) is 35.1 Å². The predicted molar refractivity (Wildman–Crippen MR) is 178 cm³/mol. The van der Waals surface area contributed by atoms with Crippen molar-refractivity contribution >= 4 is 46.4 Å². The van der Waals surface area contributed by atoms with E-state index in [4.69, 9.17) is 0 Å². The van der Waals surface area contributed by atoms with Crippen LogP contribution in [0.2, 0.25) is 0 Å². The van der Waals surface area contributed by atoms with E-state index < -0.39 is 0 Å². The number of carbonyl (C=O) groups excluding carboxylic acids is 4. The van der Waals surface area contributed by atoms with Gasteiger partial charge in [0.1, 0.15) is 0 Å². The molecule has 2 aromatic carbocycles. The molecule has 4 N–H and O–H groups in total. The molecule has 10 nitrogen and oxygen atoms in total. The molecule has 4 rings (SSSR count). The van der Waals surface area contributed by atoms with Crippen LogP contribution >= 0.6 is 0 Å². The average molecular weight is 615 g/mol. The number of amides is 4. The van der Waals surface area contributed by atoms with Gasteiger partial charge in [-0.25, -0.2) is 10.9 Å². The van der Waals surface area contributed by atoms with E-state index in [0.717, 1.165) is 73.9 Å². The van der Waals surface area contributed by atoms with Crippen molar-refractivity contribution < 1.29 is 19.2 Å². The summed E-state index contributed by atoms with van der Waals surface area (Å²) in [5, 5.41) is 14.4. The molecule has 0 aromatic heterocycles. The second-order valence-electron chi connectivity index (χ2n) is 12.1. The minimum Gasteiger partial charge on any atom is -0.326 e. The Morgan fingerprint density at radius 1 is 0.578 bits per heavy atom. The molecule has 0 saturated heterocycles. The predicted octanol–water partition coefficient (Wildman–Crippen LogP) is 6.28. The summed E-state index contributed by atoms with van der Waals surface area (Å²) < 4.78 is 0. The number of hydrogen-bond donors (Lipinski definition) is 4. The van der Waals surface area contributed by atoms with Crippen molar-refractivity contribution in [2.45, 2.75) is 97.3 Å². The molecule has 0 heterocycles. The molecule has 10 heteroatoms. The van der Waals surface area contributed by atoms with Gasteiger partial charge >= 0.3 is 0 Å². The zero-order valence-corrected chi connectivity index (χ0v) is 26.5. The van der Waals surface area contributed by atoms with Gasteiger partial charge < -0.3 is 10.6 Å². The fraction of sp³-hybridized carbons (Fsp3) is 0.486. The monoisotopic (exact) mass is 614 g/mol. The van der Waals surface area contributed by atoms with Crippen molar-refractivity contribution in [1.82, 2.24) is 10.9 Å². The summed E-state index contributed by atoms with van der Waals surface area (Å²) in [5.74, 6) is -0.217. The van der Waals surface area contributed by atoms with E-state index in [-0.39, 0.29) is 48.3 Å². The van der Waals surface area contributed by atoms with Gasteiger partial charge in [-0.15, -0.1) is 0 Å². The number of hydrazone groups is 2. The van der Waals surface area contributed by atoms with Crippen molar-refractivity contribution in [3.8, 4) is 0 Å². The topological polar surface area (TPSA) is 141 Å². The van der Waals surface area contributed by atoms with Gasteiger partial charge in [-0.2, -0.15) is 10.2 Å². The van der Waals surface area contributed by atoms with Crippen LogP contribution < -0.4 is 21.5 Å². The molecule has 0 spiro atoms. The molecule has 0 bridgehead atoms. The molecule has 2 aliphatic rings. The summed E-state index contributed by atoms with van der Waals surface area (Å²) in [6.07, 6.45) is 11.3. The van der Waals surface area contributed by atoms with Crippen LogP contribution in [0, 0.1) is 11.8 Å². The number of benzene rings is 2. The first-order chi connectivity index (χ1) is 21.8. The Morgan fingerprint density at radius 3 is 1.29 bits per heavy atom. The maximum Gasteiger partial charge on any atom is 0.240 e. The molecule has 0 aliphatic heterocycles. The highest BCUT2D eigenvalue weighted by Gasteiger charge is 2.22. The molecular weight excluding hydrogens is 568 g/mol. The van der Waals surface area contributed by atoms with E-state index in [2.05, 4.69) is 31.7 Å². The van der Waals surface area contributed by atoms with Crippen molar-refractivity contribution in [2.24, 2.45) is 22.0 Å². The van der Waals surface area contributed by atoms with Crippen molar-refractivity contribution in [3.63, 3.8) is 0 Å². The molecular formula is C35H46N6O4. The third-order valence-corrected chi connectivity index (χ3v) is 8.60. The van der Waals surface area contributed by atoms with Crippen molar-refractivity contribution in [3.05, 3.63) is 59.7 Å². The lowest BCUT2D eigenvalue weighted by atomic mass is 9.88. The van der Waals surface area contributed by atoms with E-state index >= 15 is 0 Å². The largest absolute Gasteiger partial charge is 0.326 e. The molecule has 4 amide bonds. The van der Waals surface area contributed by atoms with E-state index in [0.29, 0.717) is 17.8 Å². The maximum absolute atomic E-state index is 12.5. The zero-order valence-electron chi connectivity index (χ0n) is 26.5. The van der Waals surface area contributed by atoms with Crippen LogP contribution in [-0.2, 0) is 19.2 Å². The summed E-state index contributed by atoms with van der Waals surface area (Å²) in [6, 6.07) is 14.8. The molecule has 0 atom stereocenters. The van der Waals surface area contributed by atoms with Gasteiger partial charge in [-0.1, -0.05) is 62.8 Å². The van der Waals surface area contributed by atoms with Gasteiger partial charge in [0, 0.05) is 36.1 Å². The lowest BCUT2D eigenvalue weighted by Gasteiger charge is -2.20. The smallest absolute Gasteiger partial charge is 0.240 e. The van der Waals surface area contributed by atoms with Gasteiger partial charge in [0.2, 0.25) is 23.6 Å². The standard InChI is InChI=1S/C35H46N6O4/c1-24(26-16-20-30(21-17-26)36-34(44)28-10-5-3-6-11-28)38-40-32(42)14-9-15-33(43)41-39-25(2)27-18-22-31(23-19-27)37-35(45)29-12-7-4-8-13-29/h16-23,28-29H,3-15H2,1-2H3,(H,36,44)(H,37,45)(H,40,42)(H,41,43)/b38-24+,39-25+. The minimum absolute atomic E-state index is 0.0813. The second kappa shape index (κ2) is 17.2. The third-order valence-electron chi connectivity index (χ3n) is 8.60. The van der Waals surface area contributed by atoms with Crippen LogP contribution in [0.4, 0.5) is 11.4 Å². The van der Waals surface area contributed by atoms with Crippen molar-refractivity contribution in [1.29, 1.82) is 0 Å². The lowest BCUT2D eigenvalue weighted by molar-refractivity contribution is -0.123. The van der Waals surface area contributed by atoms with E-state index in [1.807, 2.05) is 48.5 Å². The number of anilines is 2. The first-order valence-corrected chi connectivity index (χ1v) is 16.3.